The molecule has 0 heterocycles. The van der Waals surface area contributed by atoms with Gasteiger partial charge in [-0.15, -0.1) is 3.71 Å². The van der Waals surface area contributed by atoms with E-state index in [9.17, 15) is 8.42 Å². The molecule has 4 nitrogen and oxygen atoms in total. The number of rotatable bonds is 9. The minimum atomic E-state index is -3.14. The predicted octanol–water partition coefficient (Wildman–Crippen LogP) is 2.65. The minimum absolute atomic E-state index is 0.218. The van der Waals surface area contributed by atoms with E-state index < -0.39 is 10.0 Å². The fourth-order valence-corrected chi connectivity index (χ4v) is 3.90. The van der Waals surface area contributed by atoms with Crippen LogP contribution in [0.5, 0.6) is 0 Å². The molecule has 0 N–H and O–H groups in total. The molecule has 0 radical (unpaired) electrons. The molecule has 18 heavy (non-hydrogen) atoms. The average Bonchev–Trinajstić information content (AvgIpc) is 3.02. The lowest BCUT2D eigenvalue weighted by Crippen LogP contribution is -2.36. The number of hydrogen-bond acceptors (Lipinski definition) is 4. The largest absolute Gasteiger partial charge is 0.371 e. The van der Waals surface area contributed by atoms with Crippen molar-refractivity contribution in [3.63, 3.8) is 0 Å². The van der Waals surface area contributed by atoms with E-state index in [1.165, 1.54) is 28.3 Å². The topological polar surface area (TPSA) is 46.6 Å². The minimum Gasteiger partial charge on any atom is -0.371 e. The maximum absolute atomic E-state index is 11.6. The Labute approximate surface area is 116 Å². The van der Waals surface area contributed by atoms with Gasteiger partial charge in [-0.1, -0.05) is 31.7 Å². The lowest BCUT2D eigenvalue weighted by molar-refractivity contribution is -0.0269. The van der Waals surface area contributed by atoms with E-state index in [2.05, 4.69) is 13.8 Å². The molecule has 1 aliphatic rings. The second kappa shape index (κ2) is 6.59. The summed E-state index contributed by atoms with van der Waals surface area (Å²) in [4.78, 5) is 0. The molecule has 108 valence electrons. The highest BCUT2D eigenvalue weighted by molar-refractivity contribution is 8.07. The van der Waals surface area contributed by atoms with Crippen LogP contribution in [0.15, 0.2) is 0 Å². The second-order valence-corrected chi connectivity index (χ2v) is 8.10. The molecule has 0 bridgehead atoms. The first-order valence-corrected chi connectivity index (χ1v) is 9.55. The Kier molecular flexibility index (Phi) is 5.96. The molecule has 0 spiro atoms. The van der Waals surface area contributed by atoms with Gasteiger partial charge in [-0.3, -0.25) is 0 Å². The molecule has 6 heteroatoms. The van der Waals surface area contributed by atoms with Crippen LogP contribution in [0, 0.1) is 0 Å². The molecule has 1 rings (SSSR count). The van der Waals surface area contributed by atoms with Crippen molar-refractivity contribution in [2.45, 2.75) is 57.7 Å². The van der Waals surface area contributed by atoms with E-state index in [0.29, 0.717) is 6.54 Å². The van der Waals surface area contributed by atoms with Gasteiger partial charge in [0.25, 0.3) is 0 Å². The van der Waals surface area contributed by atoms with E-state index in [1.54, 1.807) is 6.26 Å². The fraction of sp³-hybridized carbons (Fsp3) is 1.00. The molecular weight excluding hydrogens is 270 g/mol. The van der Waals surface area contributed by atoms with Crippen LogP contribution in [0.2, 0.25) is 0 Å². The van der Waals surface area contributed by atoms with Crippen molar-refractivity contribution in [3.8, 4) is 0 Å². The zero-order valence-electron chi connectivity index (χ0n) is 11.8. The SMILES string of the molecule is CCCCC(C)OC1(CN(SC)S(C)(=O)=O)CC1. The van der Waals surface area contributed by atoms with Gasteiger partial charge in [-0.25, -0.2) is 8.42 Å². The molecular formula is C12H25NO3S2. The van der Waals surface area contributed by atoms with E-state index in [-0.39, 0.29) is 11.7 Å². The number of nitrogens with zero attached hydrogens (tertiary/aromatic N) is 1. The summed E-state index contributed by atoms with van der Waals surface area (Å²) in [6.07, 6.45) is 8.58. The second-order valence-electron chi connectivity index (χ2n) is 5.16. The van der Waals surface area contributed by atoms with Gasteiger partial charge in [0.15, 0.2) is 0 Å². The van der Waals surface area contributed by atoms with Crippen LogP contribution in [0.1, 0.15) is 46.0 Å². The zero-order chi connectivity index (χ0) is 13.8. The Morgan fingerprint density at radius 2 is 2.06 bits per heavy atom. The van der Waals surface area contributed by atoms with Crippen molar-refractivity contribution in [1.29, 1.82) is 0 Å². The van der Waals surface area contributed by atoms with Crippen molar-refractivity contribution >= 4 is 22.0 Å². The van der Waals surface area contributed by atoms with Crippen LogP contribution < -0.4 is 0 Å². The summed E-state index contributed by atoms with van der Waals surface area (Å²) in [6.45, 7) is 4.72. The molecule has 1 fully saturated rings. The summed E-state index contributed by atoms with van der Waals surface area (Å²) in [5.74, 6) is 0. The summed E-state index contributed by atoms with van der Waals surface area (Å²) in [7, 11) is -3.14. The molecule has 1 unspecified atom stereocenters. The van der Waals surface area contributed by atoms with Crippen LogP contribution >= 0.6 is 11.9 Å². The van der Waals surface area contributed by atoms with Crippen molar-refractivity contribution in [1.82, 2.24) is 3.71 Å². The lowest BCUT2D eigenvalue weighted by atomic mass is 10.2. The summed E-state index contributed by atoms with van der Waals surface area (Å²) in [5.41, 5.74) is -0.223. The quantitative estimate of drug-likeness (QED) is 0.614. The Balaban J connectivity index is 2.50. The smallest absolute Gasteiger partial charge is 0.220 e. The van der Waals surface area contributed by atoms with Gasteiger partial charge in [-0.2, -0.15) is 0 Å². The maximum Gasteiger partial charge on any atom is 0.220 e. The first-order chi connectivity index (χ1) is 8.33. The van der Waals surface area contributed by atoms with Crippen LogP contribution in [-0.2, 0) is 14.8 Å². The van der Waals surface area contributed by atoms with Gasteiger partial charge in [0.1, 0.15) is 0 Å². The number of ether oxygens (including phenoxy) is 1. The maximum atomic E-state index is 11.6. The third-order valence-electron chi connectivity index (χ3n) is 3.21. The van der Waals surface area contributed by atoms with E-state index in [0.717, 1.165) is 25.7 Å². The number of hydrogen-bond donors (Lipinski definition) is 0. The van der Waals surface area contributed by atoms with Gasteiger partial charge in [0.05, 0.1) is 24.5 Å². The monoisotopic (exact) mass is 295 g/mol. The normalized spacial score (nSPS) is 20.1. The molecule has 0 aliphatic heterocycles. The van der Waals surface area contributed by atoms with Crippen molar-refractivity contribution in [2.24, 2.45) is 0 Å². The molecule has 1 aliphatic carbocycles. The Morgan fingerprint density at radius 1 is 1.44 bits per heavy atom. The van der Waals surface area contributed by atoms with E-state index >= 15 is 0 Å². The molecule has 0 amide bonds. The highest BCUT2D eigenvalue weighted by Crippen LogP contribution is 2.43. The lowest BCUT2D eigenvalue weighted by Gasteiger charge is -2.26. The Bertz CT molecular complexity index is 352. The number of sulfonamides is 1. The molecule has 1 atom stereocenters. The third kappa shape index (κ3) is 5.07. The van der Waals surface area contributed by atoms with E-state index in [4.69, 9.17) is 4.74 Å². The van der Waals surface area contributed by atoms with E-state index in [1.807, 2.05) is 0 Å². The van der Waals surface area contributed by atoms with Crippen molar-refractivity contribution in [2.75, 3.05) is 19.1 Å². The van der Waals surface area contributed by atoms with Gasteiger partial charge in [0, 0.05) is 0 Å². The summed E-state index contributed by atoms with van der Waals surface area (Å²) in [6, 6.07) is 0. The van der Waals surface area contributed by atoms with Crippen LogP contribution in [0.3, 0.4) is 0 Å². The van der Waals surface area contributed by atoms with Gasteiger partial charge in [0.2, 0.25) is 10.0 Å². The fourth-order valence-electron chi connectivity index (χ4n) is 1.98. The first-order valence-electron chi connectivity index (χ1n) is 6.52. The molecule has 0 aromatic carbocycles. The zero-order valence-corrected chi connectivity index (χ0v) is 13.4. The molecule has 0 aromatic heterocycles. The van der Waals surface area contributed by atoms with Crippen LogP contribution in [0.25, 0.3) is 0 Å². The Morgan fingerprint density at radius 3 is 2.44 bits per heavy atom. The third-order valence-corrected chi connectivity index (χ3v) is 5.88. The van der Waals surface area contributed by atoms with Gasteiger partial charge in [-0.05, 0) is 32.4 Å². The van der Waals surface area contributed by atoms with Crippen molar-refractivity contribution in [3.05, 3.63) is 0 Å². The molecule has 0 aromatic rings. The van der Waals surface area contributed by atoms with Gasteiger partial charge < -0.3 is 4.74 Å². The predicted molar refractivity (Wildman–Crippen MR) is 77.1 cm³/mol. The highest BCUT2D eigenvalue weighted by Gasteiger charge is 2.47. The molecule has 0 saturated heterocycles. The number of unbranched alkanes of at least 4 members (excludes halogenated alkanes) is 1. The highest BCUT2D eigenvalue weighted by atomic mass is 32.3. The average molecular weight is 295 g/mol. The Hall–Kier alpha value is 0.220. The van der Waals surface area contributed by atoms with Gasteiger partial charge >= 0.3 is 0 Å². The molecule has 1 saturated carbocycles. The van der Waals surface area contributed by atoms with Crippen LogP contribution in [0.4, 0.5) is 0 Å². The van der Waals surface area contributed by atoms with Crippen molar-refractivity contribution < 1.29 is 13.2 Å². The summed E-state index contributed by atoms with van der Waals surface area (Å²) in [5, 5.41) is 0. The van der Waals surface area contributed by atoms with Crippen LogP contribution in [-0.4, -0.2) is 42.9 Å². The first kappa shape index (κ1) is 16.3. The standard InChI is InChI=1S/C12H25NO3S2/c1-5-6-7-11(2)16-12(8-9-12)10-13(17-3)18(4,14)15/h11H,5-10H2,1-4H3. The summed E-state index contributed by atoms with van der Waals surface area (Å²) < 4.78 is 30.6. The summed E-state index contributed by atoms with van der Waals surface area (Å²) >= 11 is 1.25.